The molecule has 1 fully saturated rings. The molecule has 0 amide bonds. The van der Waals surface area contributed by atoms with Gasteiger partial charge in [0.1, 0.15) is 0 Å². The van der Waals surface area contributed by atoms with Gasteiger partial charge >= 0.3 is 0 Å². The molecule has 1 aliphatic heterocycles. The standard InChI is InChI=1S/C14H22N2O3/c1-14(6-4-8-19-14)10-15-9-11-13(18-3)12(17-2)5-7-16-11/h5,7,15H,4,6,8-10H2,1-3H3. The van der Waals surface area contributed by atoms with Crippen molar-refractivity contribution >= 4 is 0 Å². The second-order valence-electron chi connectivity index (χ2n) is 5.00. The Morgan fingerprint density at radius 1 is 1.42 bits per heavy atom. The van der Waals surface area contributed by atoms with E-state index in [0.717, 1.165) is 31.7 Å². The van der Waals surface area contributed by atoms with Crippen LogP contribution in [0.4, 0.5) is 0 Å². The van der Waals surface area contributed by atoms with E-state index in [0.29, 0.717) is 18.0 Å². The predicted octanol–water partition coefficient (Wildman–Crippen LogP) is 1.76. The molecule has 1 unspecified atom stereocenters. The van der Waals surface area contributed by atoms with Crippen LogP contribution in [0.15, 0.2) is 12.3 Å². The highest BCUT2D eigenvalue weighted by Gasteiger charge is 2.29. The van der Waals surface area contributed by atoms with Crippen molar-refractivity contribution in [3.05, 3.63) is 18.0 Å². The van der Waals surface area contributed by atoms with Crippen molar-refractivity contribution in [2.24, 2.45) is 0 Å². The van der Waals surface area contributed by atoms with Crippen molar-refractivity contribution in [3.8, 4) is 11.5 Å². The number of hydrogen-bond acceptors (Lipinski definition) is 5. The maximum absolute atomic E-state index is 5.74. The van der Waals surface area contributed by atoms with Crippen molar-refractivity contribution in [2.45, 2.75) is 31.9 Å². The topological polar surface area (TPSA) is 52.6 Å². The molecule has 19 heavy (non-hydrogen) atoms. The highest BCUT2D eigenvalue weighted by atomic mass is 16.5. The number of nitrogens with zero attached hydrogens (tertiary/aromatic N) is 1. The summed E-state index contributed by atoms with van der Waals surface area (Å²) in [4.78, 5) is 4.34. The van der Waals surface area contributed by atoms with Gasteiger partial charge in [0.25, 0.3) is 0 Å². The average Bonchev–Trinajstić information content (AvgIpc) is 2.85. The number of methoxy groups -OCH3 is 2. The molecule has 1 aliphatic rings. The molecule has 1 N–H and O–H groups in total. The zero-order valence-corrected chi connectivity index (χ0v) is 11.9. The summed E-state index contributed by atoms with van der Waals surface area (Å²) in [6, 6.07) is 1.80. The Kier molecular flexibility index (Phi) is 4.61. The van der Waals surface area contributed by atoms with E-state index in [1.54, 1.807) is 26.5 Å². The Bertz CT molecular complexity index is 417. The van der Waals surface area contributed by atoms with Gasteiger partial charge in [-0.1, -0.05) is 0 Å². The van der Waals surface area contributed by atoms with E-state index in [-0.39, 0.29) is 5.60 Å². The Morgan fingerprint density at radius 3 is 2.89 bits per heavy atom. The monoisotopic (exact) mass is 266 g/mol. The van der Waals surface area contributed by atoms with Gasteiger partial charge in [-0.25, -0.2) is 0 Å². The average molecular weight is 266 g/mol. The number of rotatable bonds is 6. The summed E-state index contributed by atoms with van der Waals surface area (Å²) in [5.74, 6) is 1.40. The summed E-state index contributed by atoms with van der Waals surface area (Å²) in [6.07, 6.45) is 3.97. The van der Waals surface area contributed by atoms with E-state index >= 15 is 0 Å². The lowest BCUT2D eigenvalue weighted by atomic mass is 10.0. The fourth-order valence-electron chi connectivity index (χ4n) is 2.40. The highest BCUT2D eigenvalue weighted by Crippen LogP contribution is 2.29. The van der Waals surface area contributed by atoms with E-state index in [1.807, 2.05) is 0 Å². The third-order valence-corrected chi connectivity index (χ3v) is 3.46. The summed E-state index contributed by atoms with van der Waals surface area (Å²) >= 11 is 0. The molecule has 5 heteroatoms. The van der Waals surface area contributed by atoms with Gasteiger partial charge in [-0.15, -0.1) is 0 Å². The van der Waals surface area contributed by atoms with E-state index in [4.69, 9.17) is 14.2 Å². The molecule has 106 valence electrons. The van der Waals surface area contributed by atoms with Gasteiger partial charge in [0.15, 0.2) is 11.5 Å². The molecular weight excluding hydrogens is 244 g/mol. The number of ether oxygens (including phenoxy) is 3. The molecule has 0 bridgehead atoms. The number of hydrogen-bond donors (Lipinski definition) is 1. The molecule has 2 heterocycles. The predicted molar refractivity (Wildman–Crippen MR) is 72.6 cm³/mol. The molecular formula is C14H22N2O3. The van der Waals surface area contributed by atoms with Crippen LogP contribution in [-0.4, -0.2) is 38.0 Å². The highest BCUT2D eigenvalue weighted by molar-refractivity contribution is 5.42. The van der Waals surface area contributed by atoms with Crippen molar-refractivity contribution in [2.75, 3.05) is 27.4 Å². The maximum Gasteiger partial charge on any atom is 0.183 e. The second-order valence-corrected chi connectivity index (χ2v) is 5.00. The molecule has 0 spiro atoms. The number of pyridine rings is 1. The largest absolute Gasteiger partial charge is 0.493 e. The molecule has 2 rings (SSSR count). The van der Waals surface area contributed by atoms with Crippen LogP contribution in [0.25, 0.3) is 0 Å². The van der Waals surface area contributed by atoms with E-state index in [1.165, 1.54) is 0 Å². The number of nitrogens with one attached hydrogen (secondary N) is 1. The molecule has 0 radical (unpaired) electrons. The third kappa shape index (κ3) is 3.36. The Labute approximate surface area is 114 Å². The van der Waals surface area contributed by atoms with Gasteiger partial charge in [0, 0.05) is 32.0 Å². The molecule has 1 aromatic rings. The second kappa shape index (κ2) is 6.21. The molecule has 0 aliphatic carbocycles. The van der Waals surface area contributed by atoms with Crippen LogP contribution in [0.3, 0.4) is 0 Å². The van der Waals surface area contributed by atoms with Crippen molar-refractivity contribution in [1.29, 1.82) is 0 Å². The van der Waals surface area contributed by atoms with Crippen molar-refractivity contribution < 1.29 is 14.2 Å². The van der Waals surface area contributed by atoms with Gasteiger partial charge in [0.05, 0.1) is 25.5 Å². The molecule has 1 atom stereocenters. The van der Waals surface area contributed by atoms with Crippen LogP contribution in [-0.2, 0) is 11.3 Å². The van der Waals surface area contributed by atoms with Crippen molar-refractivity contribution in [1.82, 2.24) is 10.3 Å². The molecule has 1 saturated heterocycles. The van der Waals surface area contributed by atoms with E-state index < -0.39 is 0 Å². The quantitative estimate of drug-likeness (QED) is 0.850. The first kappa shape index (κ1) is 14.1. The zero-order chi connectivity index (χ0) is 13.7. The minimum Gasteiger partial charge on any atom is -0.493 e. The minimum atomic E-state index is -0.0495. The SMILES string of the molecule is COc1ccnc(CNCC2(C)CCCO2)c1OC. The third-order valence-electron chi connectivity index (χ3n) is 3.46. The van der Waals surface area contributed by atoms with Crippen LogP contribution in [0.1, 0.15) is 25.5 Å². The smallest absolute Gasteiger partial charge is 0.183 e. The van der Waals surface area contributed by atoms with Gasteiger partial charge in [-0.05, 0) is 19.8 Å². The zero-order valence-electron chi connectivity index (χ0n) is 11.9. The summed E-state index contributed by atoms with van der Waals surface area (Å²) in [5, 5.41) is 3.39. The first-order chi connectivity index (χ1) is 9.18. The van der Waals surface area contributed by atoms with Crippen LogP contribution in [0, 0.1) is 0 Å². The Balaban J connectivity index is 1.95. The van der Waals surface area contributed by atoms with Gasteiger partial charge in [0.2, 0.25) is 0 Å². The van der Waals surface area contributed by atoms with Crippen LogP contribution >= 0.6 is 0 Å². The van der Waals surface area contributed by atoms with Gasteiger partial charge in [-0.3, -0.25) is 4.98 Å². The molecule has 0 aromatic carbocycles. The first-order valence-corrected chi connectivity index (χ1v) is 6.59. The van der Waals surface area contributed by atoms with E-state index in [2.05, 4.69) is 17.2 Å². The summed E-state index contributed by atoms with van der Waals surface area (Å²) in [6.45, 7) is 4.45. The maximum atomic E-state index is 5.74. The number of aromatic nitrogens is 1. The van der Waals surface area contributed by atoms with Gasteiger partial charge in [-0.2, -0.15) is 0 Å². The van der Waals surface area contributed by atoms with Crippen LogP contribution in [0.5, 0.6) is 11.5 Å². The fourth-order valence-corrected chi connectivity index (χ4v) is 2.40. The summed E-state index contributed by atoms with van der Waals surface area (Å²) < 4.78 is 16.4. The minimum absolute atomic E-state index is 0.0495. The Morgan fingerprint density at radius 2 is 2.26 bits per heavy atom. The first-order valence-electron chi connectivity index (χ1n) is 6.59. The lowest BCUT2D eigenvalue weighted by Gasteiger charge is -2.23. The van der Waals surface area contributed by atoms with Crippen LogP contribution in [0.2, 0.25) is 0 Å². The summed E-state index contributed by atoms with van der Waals surface area (Å²) in [5.41, 5.74) is 0.801. The Hall–Kier alpha value is -1.33. The van der Waals surface area contributed by atoms with Crippen LogP contribution < -0.4 is 14.8 Å². The fraction of sp³-hybridized carbons (Fsp3) is 0.643. The van der Waals surface area contributed by atoms with Gasteiger partial charge < -0.3 is 19.5 Å². The van der Waals surface area contributed by atoms with E-state index in [9.17, 15) is 0 Å². The summed E-state index contributed by atoms with van der Waals surface area (Å²) in [7, 11) is 3.26. The lowest BCUT2D eigenvalue weighted by Crippen LogP contribution is -2.37. The van der Waals surface area contributed by atoms with Crippen molar-refractivity contribution in [3.63, 3.8) is 0 Å². The molecule has 1 aromatic heterocycles. The molecule has 5 nitrogen and oxygen atoms in total. The lowest BCUT2D eigenvalue weighted by molar-refractivity contribution is 0.0206. The normalized spacial score (nSPS) is 22.5. The molecule has 0 saturated carbocycles.